The summed E-state index contributed by atoms with van der Waals surface area (Å²) in [6.45, 7) is 3.75. The first-order chi connectivity index (χ1) is 7.75. The van der Waals surface area contributed by atoms with Gasteiger partial charge in [-0.3, -0.25) is 4.79 Å². The molecule has 17 heavy (non-hydrogen) atoms. The molecule has 0 saturated carbocycles. The predicted octanol–water partition coefficient (Wildman–Crippen LogP) is 2.53. The van der Waals surface area contributed by atoms with Gasteiger partial charge in [-0.15, -0.1) is 12.4 Å². The number of halogens is 1. The van der Waals surface area contributed by atoms with Crippen molar-refractivity contribution in [2.24, 2.45) is 0 Å². The van der Waals surface area contributed by atoms with Crippen LogP contribution in [0, 0.1) is 0 Å². The van der Waals surface area contributed by atoms with Gasteiger partial charge in [-0.25, -0.2) is 0 Å². The Labute approximate surface area is 108 Å². The summed E-state index contributed by atoms with van der Waals surface area (Å²) in [5.74, 6) is 0.655. The molecule has 1 fully saturated rings. The molecule has 0 spiro atoms. The molecule has 0 radical (unpaired) electrons. The third-order valence-electron chi connectivity index (χ3n) is 3.04. The standard InChI is InChI=1S/C13H18N2O.ClH/c1-10(16)15-13-4-2-11(3-5-13)12-6-8-14-9-7-12;/h2-5,12,14H,6-9H2,1H3,(H,15,16);1H. The maximum absolute atomic E-state index is 10.9. The SMILES string of the molecule is CC(=O)Nc1ccc(C2CCNCC2)cc1.Cl. The van der Waals surface area contributed by atoms with Gasteiger partial charge in [0.25, 0.3) is 0 Å². The number of amides is 1. The van der Waals surface area contributed by atoms with Crippen LogP contribution in [-0.4, -0.2) is 19.0 Å². The summed E-state index contributed by atoms with van der Waals surface area (Å²) < 4.78 is 0. The molecule has 3 nitrogen and oxygen atoms in total. The van der Waals surface area contributed by atoms with Gasteiger partial charge in [0.1, 0.15) is 0 Å². The number of hydrogen-bond acceptors (Lipinski definition) is 2. The molecule has 1 amide bonds. The Morgan fingerprint density at radius 1 is 1.24 bits per heavy atom. The third-order valence-corrected chi connectivity index (χ3v) is 3.04. The van der Waals surface area contributed by atoms with Crippen LogP contribution in [0.3, 0.4) is 0 Å². The molecular weight excluding hydrogens is 236 g/mol. The van der Waals surface area contributed by atoms with Crippen LogP contribution in [0.5, 0.6) is 0 Å². The Balaban J connectivity index is 0.00000144. The fourth-order valence-electron chi connectivity index (χ4n) is 2.20. The van der Waals surface area contributed by atoms with E-state index in [1.54, 1.807) is 0 Å². The first-order valence-corrected chi connectivity index (χ1v) is 5.84. The lowest BCUT2D eigenvalue weighted by Crippen LogP contribution is -2.26. The number of nitrogens with one attached hydrogen (secondary N) is 2. The summed E-state index contributed by atoms with van der Waals surface area (Å²) in [6.07, 6.45) is 2.42. The van der Waals surface area contributed by atoms with Gasteiger partial charge < -0.3 is 10.6 Å². The quantitative estimate of drug-likeness (QED) is 0.852. The zero-order valence-electron chi connectivity index (χ0n) is 10.0. The van der Waals surface area contributed by atoms with Crippen LogP contribution in [0.4, 0.5) is 5.69 Å². The van der Waals surface area contributed by atoms with Gasteiger partial charge in [0.15, 0.2) is 0 Å². The predicted molar refractivity (Wildman–Crippen MR) is 72.8 cm³/mol. The lowest BCUT2D eigenvalue weighted by molar-refractivity contribution is -0.114. The van der Waals surface area contributed by atoms with Gasteiger partial charge in [0.2, 0.25) is 5.91 Å². The molecule has 1 aromatic rings. The second-order valence-corrected chi connectivity index (χ2v) is 4.33. The van der Waals surface area contributed by atoms with Gasteiger partial charge in [0.05, 0.1) is 0 Å². The third kappa shape index (κ3) is 4.02. The van der Waals surface area contributed by atoms with Crippen molar-refractivity contribution in [1.82, 2.24) is 5.32 Å². The maximum Gasteiger partial charge on any atom is 0.221 e. The highest BCUT2D eigenvalue weighted by atomic mass is 35.5. The molecule has 0 aliphatic carbocycles. The molecule has 0 bridgehead atoms. The van der Waals surface area contributed by atoms with Gasteiger partial charge in [-0.2, -0.15) is 0 Å². The second kappa shape index (κ2) is 6.62. The highest BCUT2D eigenvalue weighted by Crippen LogP contribution is 2.25. The van der Waals surface area contributed by atoms with Crippen molar-refractivity contribution in [2.45, 2.75) is 25.7 Å². The first-order valence-electron chi connectivity index (χ1n) is 5.84. The minimum atomic E-state index is -0.0189. The number of hydrogen-bond donors (Lipinski definition) is 2. The van der Waals surface area contributed by atoms with Crippen molar-refractivity contribution in [3.8, 4) is 0 Å². The fraction of sp³-hybridized carbons (Fsp3) is 0.462. The van der Waals surface area contributed by atoms with E-state index in [0.29, 0.717) is 5.92 Å². The summed E-state index contributed by atoms with van der Waals surface area (Å²) >= 11 is 0. The lowest BCUT2D eigenvalue weighted by Gasteiger charge is -2.23. The molecule has 1 aromatic carbocycles. The van der Waals surface area contributed by atoms with Crippen LogP contribution in [0.2, 0.25) is 0 Å². The van der Waals surface area contributed by atoms with Crippen LogP contribution in [-0.2, 0) is 4.79 Å². The highest BCUT2D eigenvalue weighted by Gasteiger charge is 2.14. The summed E-state index contributed by atoms with van der Waals surface area (Å²) in [5.41, 5.74) is 2.26. The highest BCUT2D eigenvalue weighted by molar-refractivity contribution is 5.88. The number of rotatable bonds is 2. The number of piperidine rings is 1. The molecule has 1 aliphatic rings. The minimum Gasteiger partial charge on any atom is -0.326 e. The van der Waals surface area contributed by atoms with E-state index < -0.39 is 0 Å². The molecule has 2 N–H and O–H groups in total. The average molecular weight is 255 g/mol. The molecule has 0 unspecified atom stereocenters. The van der Waals surface area contributed by atoms with Crippen molar-refractivity contribution < 1.29 is 4.79 Å². The molecule has 1 saturated heterocycles. The molecule has 2 rings (SSSR count). The molecular formula is C13H19ClN2O. The maximum atomic E-state index is 10.9. The molecule has 0 atom stereocenters. The molecule has 1 heterocycles. The van der Waals surface area contributed by atoms with E-state index in [0.717, 1.165) is 18.8 Å². The monoisotopic (exact) mass is 254 g/mol. The fourth-order valence-corrected chi connectivity index (χ4v) is 2.20. The zero-order valence-corrected chi connectivity index (χ0v) is 10.8. The number of carbonyl (C=O) groups is 1. The van der Waals surface area contributed by atoms with Crippen molar-refractivity contribution in [1.29, 1.82) is 0 Å². The zero-order chi connectivity index (χ0) is 11.4. The first kappa shape index (κ1) is 14.0. The van der Waals surface area contributed by atoms with E-state index in [1.807, 2.05) is 12.1 Å². The topological polar surface area (TPSA) is 41.1 Å². The summed E-state index contributed by atoms with van der Waals surface area (Å²) in [7, 11) is 0. The smallest absolute Gasteiger partial charge is 0.221 e. The molecule has 4 heteroatoms. The van der Waals surface area contributed by atoms with E-state index in [1.165, 1.54) is 25.3 Å². The van der Waals surface area contributed by atoms with E-state index in [2.05, 4.69) is 22.8 Å². The molecule has 1 aliphatic heterocycles. The van der Waals surface area contributed by atoms with Crippen molar-refractivity contribution in [3.63, 3.8) is 0 Å². The van der Waals surface area contributed by atoms with Crippen molar-refractivity contribution >= 4 is 24.0 Å². The second-order valence-electron chi connectivity index (χ2n) is 4.33. The Morgan fingerprint density at radius 3 is 2.35 bits per heavy atom. The summed E-state index contributed by atoms with van der Waals surface area (Å²) in [5, 5.41) is 6.15. The largest absolute Gasteiger partial charge is 0.326 e. The number of anilines is 1. The van der Waals surface area contributed by atoms with E-state index in [9.17, 15) is 4.79 Å². The minimum absolute atomic E-state index is 0. The van der Waals surface area contributed by atoms with Crippen LogP contribution in [0.25, 0.3) is 0 Å². The summed E-state index contributed by atoms with van der Waals surface area (Å²) in [4.78, 5) is 10.9. The van der Waals surface area contributed by atoms with Gasteiger partial charge in [0, 0.05) is 12.6 Å². The van der Waals surface area contributed by atoms with E-state index in [-0.39, 0.29) is 18.3 Å². The Hall–Kier alpha value is -1.06. The number of benzene rings is 1. The van der Waals surface area contributed by atoms with Gasteiger partial charge in [-0.05, 0) is 49.5 Å². The number of carbonyl (C=O) groups excluding carboxylic acids is 1. The normalized spacial score (nSPS) is 16.1. The van der Waals surface area contributed by atoms with Crippen molar-refractivity contribution in [2.75, 3.05) is 18.4 Å². The van der Waals surface area contributed by atoms with Crippen molar-refractivity contribution in [3.05, 3.63) is 29.8 Å². The Kier molecular flexibility index (Phi) is 5.45. The summed E-state index contributed by atoms with van der Waals surface area (Å²) in [6, 6.07) is 8.22. The van der Waals surface area contributed by atoms with E-state index >= 15 is 0 Å². The van der Waals surface area contributed by atoms with Gasteiger partial charge in [-0.1, -0.05) is 12.1 Å². The lowest BCUT2D eigenvalue weighted by atomic mass is 9.90. The van der Waals surface area contributed by atoms with Crippen LogP contribution in [0.1, 0.15) is 31.2 Å². The molecule has 0 aromatic heterocycles. The molecule has 94 valence electrons. The van der Waals surface area contributed by atoms with Crippen LogP contribution < -0.4 is 10.6 Å². The Morgan fingerprint density at radius 2 is 1.82 bits per heavy atom. The van der Waals surface area contributed by atoms with Gasteiger partial charge >= 0.3 is 0 Å². The van der Waals surface area contributed by atoms with E-state index in [4.69, 9.17) is 0 Å². The Bertz CT molecular complexity index is 358. The van der Waals surface area contributed by atoms with Crippen LogP contribution >= 0.6 is 12.4 Å². The van der Waals surface area contributed by atoms with Crippen LogP contribution in [0.15, 0.2) is 24.3 Å². The average Bonchev–Trinajstić information content (AvgIpc) is 2.30.